The van der Waals surface area contributed by atoms with Gasteiger partial charge >= 0.3 is 94.6 Å². The summed E-state index contributed by atoms with van der Waals surface area (Å²) in [7, 11) is 0. The fourth-order valence-corrected chi connectivity index (χ4v) is 3.17. The maximum absolute atomic E-state index is 11.5. The van der Waals surface area contributed by atoms with Crippen LogP contribution in [0.1, 0.15) is 11.7 Å². The molecule has 0 amide bonds. The molecule has 1 aromatic rings. The average molecular weight is 315 g/mol. The van der Waals surface area contributed by atoms with Crippen LogP contribution in [0.5, 0.6) is 0 Å². The van der Waals surface area contributed by atoms with Crippen molar-refractivity contribution in [3.63, 3.8) is 0 Å². The Hall–Kier alpha value is -0.551. The standard InChI is InChI=1S/C8H8O3.3CH3.Sn/c9-7(8(10)11)6-4-2-1-3-5-6;;;;/h1-5,7,9H,(H,10,11);3*1H3;/q;;;;+1/p-1/t7-;;;;/m0..../s1. The average Bonchev–Trinajstić information content (AvgIpc) is 2.15. The van der Waals surface area contributed by atoms with Crippen molar-refractivity contribution >= 4 is 24.8 Å². The number of rotatable bonds is 3. The summed E-state index contributed by atoms with van der Waals surface area (Å²) < 4.78 is 5.27. The van der Waals surface area contributed by atoms with Crippen molar-refractivity contribution in [3.05, 3.63) is 35.9 Å². The van der Waals surface area contributed by atoms with E-state index in [2.05, 4.69) is 0 Å². The third-order valence-electron chi connectivity index (χ3n) is 1.75. The molecule has 1 aromatic carbocycles. The van der Waals surface area contributed by atoms with Crippen LogP contribution >= 0.6 is 0 Å². The zero-order valence-corrected chi connectivity index (χ0v) is 12.1. The molecular weight excluding hydrogens is 299 g/mol. The van der Waals surface area contributed by atoms with E-state index in [1.165, 1.54) is 0 Å². The first kappa shape index (κ1) is 12.5. The third-order valence-corrected chi connectivity index (χ3v) is 4.07. The molecule has 1 atom stereocenters. The number of carbonyl (C=O) groups excluding carboxylic acids is 1. The fourth-order valence-electron chi connectivity index (χ4n) is 1.13. The minimum absolute atomic E-state index is 0.524. The number of aliphatic hydroxyl groups is 1. The predicted octanol–water partition coefficient (Wildman–Crippen LogP) is 2.10. The van der Waals surface area contributed by atoms with Crippen molar-refractivity contribution in [1.82, 2.24) is 0 Å². The van der Waals surface area contributed by atoms with Gasteiger partial charge in [0.25, 0.3) is 0 Å². The topological polar surface area (TPSA) is 46.5 Å². The monoisotopic (exact) mass is 316 g/mol. The molecule has 0 aliphatic rings. The van der Waals surface area contributed by atoms with Crippen LogP contribution in [0.25, 0.3) is 0 Å². The Bertz CT molecular complexity index is 329. The molecule has 0 heterocycles. The summed E-state index contributed by atoms with van der Waals surface area (Å²) in [5, 5.41) is 9.71. The molecule has 0 saturated heterocycles. The Morgan fingerprint density at radius 3 is 2.27 bits per heavy atom. The van der Waals surface area contributed by atoms with E-state index in [1.54, 1.807) is 24.3 Å². The minimum atomic E-state index is -2.62. The van der Waals surface area contributed by atoms with Crippen molar-refractivity contribution in [2.75, 3.05) is 0 Å². The molecule has 0 bridgehead atoms. The van der Waals surface area contributed by atoms with Gasteiger partial charge in [-0.05, 0) is 0 Å². The van der Waals surface area contributed by atoms with E-state index >= 15 is 0 Å². The van der Waals surface area contributed by atoms with Crippen LogP contribution in [0, 0.1) is 0 Å². The number of hydrogen-bond acceptors (Lipinski definition) is 3. The summed E-state index contributed by atoms with van der Waals surface area (Å²) in [5.41, 5.74) is 0.582. The Balaban J connectivity index is 2.70. The molecule has 0 aromatic heterocycles. The summed E-state index contributed by atoms with van der Waals surface area (Å²) in [6, 6.07) is 8.83. The molecule has 3 nitrogen and oxygen atoms in total. The first-order valence-electron chi connectivity index (χ1n) is 4.86. The molecule has 1 rings (SSSR count). The number of hydrogen-bond donors (Lipinski definition) is 1. The zero-order valence-electron chi connectivity index (χ0n) is 9.23. The van der Waals surface area contributed by atoms with Gasteiger partial charge in [-0.2, -0.15) is 0 Å². The molecule has 0 spiro atoms. The van der Waals surface area contributed by atoms with E-state index in [4.69, 9.17) is 3.07 Å². The van der Waals surface area contributed by atoms with Gasteiger partial charge in [0, 0.05) is 0 Å². The number of aliphatic hydroxyl groups excluding tert-OH is 1. The van der Waals surface area contributed by atoms with Crippen LogP contribution in [0.15, 0.2) is 30.3 Å². The summed E-state index contributed by atoms with van der Waals surface area (Å²) in [5.74, 6) is -0.524. The first-order valence-corrected chi connectivity index (χ1v) is 14.6. The van der Waals surface area contributed by atoms with Gasteiger partial charge in [0.1, 0.15) is 0 Å². The van der Waals surface area contributed by atoms with Gasteiger partial charge in [-0.25, -0.2) is 0 Å². The van der Waals surface area contributed by atoms with Crippen LogP contribution in [-0.2, 0) is 7.87 Å². The van der Waals surface area contributed by atoms with E-state index < -0.39 is 30.9 Å². The van der Waals surface area contributed by atoms with E-state index in [0.717, 1.165) is 0 Å². The zero-order chi connectivity index (χ0) is 11.5. The molecule has 0 aliphatic carbocycles. The van der Waals surface area contributed by atoms with Gasteiger partial charge < -0.3 is 0 Å². The molecule has 82 valence electrons. The number of carbonyl (C=O) groups is 1. The molecular formula is C11H16O3Sn. The Labute approximate surface area is 94.5 Å². The second kappa shape index (κ2) is 4.98. The van der Waals surface area contributed by atoms with E-state index in [-0.39, 0.29) is 0 Å². The molecule has 0 radical (unpaired) electrons. The Kier molecular flexibility index (Phi) is 4.16. The summed E-state index contributed by atoms with van der Waals surface area (Å²) >= 11 is -2.62. The van der Waals surface area contributed by atoms with Gasteiger partial charge in [0.15, 0.2) is 0 Å². The van der Waals surface area contributed by atoms with Crippen LogP contribution in [0.4, 0.5) is 0 Å². The summed E-state index contributed by atoms with van der Waals surface area (Å²) in [6.07, 6.45) is -1.15. The van der Waals surface area contributed by atoms with Gasteiger partial charge in [-0.1, -0.05) is 0 Å². The number of benzene rings is 1. The second-order valence-corrected chi connectivity index (χ2v) is 17.0. The van der Waals surface area contributed by atoms with Crippen molar-refractivity contribution in [3.8, 4) is 0 Å². The summed E-state index contributed by atoms with van der Waals surface area (Å²) in [4.78, 5) is 17.5. The van der Waals surface area contributed by atoms with Gasteiger partial charge in [-0.3, -0.25) is 0 Å². The van der Waals surface area contributed by atoms with Gasteiger partial charge in [-0.15, -0.1) is 0 Å². The summed E-state index contributed by atoms with van der Waals surface area (Å²) in [6.45, 7) is 0. The first-order chi connectivity index (χ1) is 6.90. The van der Waals surface area contributed by atoms with Gasteiger partial charge in [0.05, 0.1) is 0 Å². The van der Waals surface area contributed by atoms with Crippen LogP contribution in [-0.4, -0.2) is 29.9 Å². The van der Waals surface area contributed by atoms with Crippen LogP contribution in [0.2, 0.25) is 14.8 Å². The van der Waals surface area contributed by atoms with E-state index in [9.17, 15) is 9.90 Å². The Morgan fingerprint density at radius 1 is 1.27 bits per heavy atom. The van der Waals surface area contributed by atoms with Crippen LogP contribution in [0.3, 0.4) is 0 Å². The van der Waals surface area contributed by atoms with Crippen LogP contribution < -0.4 is 0 Å². The van der Waals surface area contributed by atoms with E-state index in [0.29, 0.717) is 5.56 Å². The molecule has 0 aliphatic heterocycles. The van der Waals surface area contributed by atoms with Crippen molar-refractivity contribution in [1.29, 1.82) is 0 Å². The quantitative estimate of drug-likeness (QED) is 0.869. The normalized spacial score (nSPS) is 13.3. The molecule has 4 heteroatoms. The van der Waals surface area contributed by atoms with E-state index in [1.807, 2.05) is 20.9 Å². The third kappa shape index (κ3) is 4.22. The molecule has 0 saturated carbocycles. The van der Waals surface area contributed by atoms with Gasteiger partial charge in [0.2, 0.25) is 0 Å². The molecule has 15 heavy (non-hydrogen) atoms. The maximum atomic E-state index is 11.5. The predicted molar refractivity (Wildman–Crippen MR) is 60.8 cm³/mol. The molecule has 0 fully saturated rings. The SMILES string of the molecule is [CH3][Sn]([CH3])([CH3])[O]C(=O)[C@@H](O)c1ccccc1. The molecule has 1 N–H and O–H groups in total. The fraction of sp³-hybridized carbons (Fsp3) is 0.364. The van der Waals surface area contributed by atoms with Crippen molar-refractivity contribution < 1.29 is 13.0 Å². The molecule has 0 unspecified atom stereocenters. The Morgan fingerprint density at radius 2 is 1.80 bits per heavy atom. The van der Waals surface area contributed by atoms with Crippen molar-refractivity contribution in [2.45, 2.75) is 20.9 Å². The second-order valence-electron chi connectivity index (χ2n) is 4.35. The van der Waals surface area contributed by atoms with Crippen molar-refractivity contribution in [2.24, 2.45) is 0 Å².